The van der Waals surface area contributed by atoms with Gasteiger partial charge in [0, 0.05) is 24.7 Å². The van der Waals surface area contributed by atoms with Crippen molar-refractivity contribution >= 4 is 17.5 Å². The molecule has 2 amide bonds. The largest absolute Gasteiger partial charge is 0.344 e. The van der Waals surface area contributed by atoms with E-state index in [4.69, 9.17) is 0 Å². The van der Waals surface area contributed by atoms with Crippen LogP contribution < -0.4 is 10.2 Å². The predicted octanol–water partition coefficient (Wildman–Crippen LogP) is 1.60. The van der Waals surface area contributed by atoms with Crippen LogP contribution in [0.4, 0.5) is 14.5 Å². The van der Waals surface area contributed by atoms with E-state index < -0.39 is 17.7 Å². The molecule has 0 aromatic heterocycles. The molecule has 1 heterocycles. The van der Waals surface area contributed by atoms with Gasteiger partial charge in [0.2, 0.25) is 11.8 Å². The fourth-order valence-electron chi connectivity index (χ4n) is 2.07. The lowest BCUT2D eigenvalue weighted by Gasteiger charge is -2.23. The van der Waals surface area contributed by atoms with Crippen LogP contribution in [0.2, 0.25) is 0 Å². The van der Waals surface area contributed by atoms with Crippen LogP contribution in [0.1, 0.15) is 19.8 Å². The number of carbonyl (C=O) groups is 2. The second-order valence-electron chi connectivity index (χ2n) is 4.40. The first-order chi connectivity index (χ1) is 9.01. The third-order valence-electron chi connectivity index (χ3n) is 3.03. The lowest BCUT2D eigenvalue weighted by molar-refractivity contribution is -0.125. The van der Waals surface area contributed by atoms with E-state index in [1.807, 2.05) is 0 Å². The molecule has 1 unspecified atom stereocenters. The Kier molecular flexibility index (Phi) is 3.78. The van der Waals surface area contributed by atoms with Crippen molar-refractivity contribution in [1.29, 1.82) is 0 Å². The summed E-state index contributed by atoms with van der Waals surface area (Å²) < 4.78 is 26.4. The highest BCUT2D eigenvalue weighted by Gasteiger charge is 2.29. The fraction of sp³-hybridized carbons (Fsp3) is 0.385. The molecule has 0 saturated carbocycles. The smallest absolute Gasteiger partial charge is 0.249 e. The summed E-state index contributed by atoms with van der Waals surface area (Å²) >= 11 is 0. The SMILES string of the molecule is CCC1NC(=O)CCN(c2cc(F)cc(F)c2)C1=O. The van der Waals surface area contributed by atoms with Crippen LogP contribution in [0.5, 0.6) is 0 Å². The van der Waals surface area contributed by atoms with Gasteiger partial charge in [-0.2, -0.15) is 0 Å². The molecule has 0 aliphatic carbocycles. The van der Waals surface area contributed by atoms with Gasteiger partial charge in [-0.25, -0.2) is 8.78 Å². The topological polar surface area (TPSA) is 49.4 Å². The average molecular weight is 268 g/mol. The van der Waals surface area contributed by atoms with E-state index in [0.29, 0.717) is 6.42 Å². The van der Waals surface area contributed by atoms with Gasteiger partial charge in [0.25, 0.3) is 0 Å². The van der Waals surface area contributed by atoms with Crippen LogP contribution in [0.15, 0.2) is 18.2 Å². The minimum absolute atomic E-state index is 0.111. The molecule has 1 N–H and O–H groups in total. The maximum atomic E-state index is 13.2. The molecule has 1 aliphatic rings. The molecular formula is C13H14F2N2O2. The Hall–Kier alpha value is -1.98. The first kappa shape index (κ1) is 13.5. The second-order valence-corrected chi connectivity index (χ2v) is 4.40. The molecule has 0 spiro atoms. The number of nitrogens with one attached hydrogen (secondary N) is 1. The van der Waals surface area contributed by atoms with Crippen molar-refractivity contribution in [3.05, 3.63) is 29.8 Å². The van der Waals surface area contributed by atoms with Crippen LogP contribution in [0.25, 0.3) is 0 Å². The molecule has 1 aromatic rings. The third kappa shape index (κ3) is 2.89. The molecule has 102 valence electrons. The summed E-state index contributed by atoms with van der Waals surface area (Å²) in [7, 11) is 0. The number of hydrogen-bond donors (Lipinski definition) is 1. The summed E-state index contributed by atoms with van der Waals surface area (Å²) in [5.74, 6) is -2.09. The van der Waals surface area contributed by atoms with Gasteiger partial charge in [0.1, 0.15) is 17.7 Å². The molecule has 1 fully saturated rings. The number of hydrogen-bond acceptors (Lipinski definition) is 2. The quantitative estimate of drug-likeness (QED) is 0.885. The van der Waals surface area contributed by atoms with Gasteiger partial charge in [-0.05, 0) is 18.6 Å². The van der Waals surface area contributed by atoms with Crippen molar-refractivity contribution in [2.75, 3.05) is 11.4 Å². The van der Waals surface area contributed by atoms with E-state index in [1.165, 1.54) is 4.90 Å². The van der Waals surface area contributed by atoms with Gasteiger partial charge < -0.3 is 10.2 Å². The molecule has 1 aromatic carbocycles. The molecule has 2 rings (SSSR count). The van der Waals surface area contributed by atoms with Crippen molar-refractivity contribution < 1.29 is 18.4 Å². The van der Waals surface area contributed by atoms with E-state index in [1.54, 1.807) is 6.92 Å². The van der Waals surface area contributed by atoms with Gasteiger partial charge in [0.15, 0.2) is 0 Å². The van der Waals surface area contributed by atoms with Crippen LogP contribution >= 0.6 is 0 Å². The maximum absolute atomic E-state index is 13.2. The van der Waals surface area contributed by atoms with Gasteiger partial charge in [-0.1, -0.05) is 6.92 Å². The Labute approximate surface area is 109 Å². The highest BCUT2D eigenvalue weighted by atomic mass is 19.1. The summed E-state index contributed by atoms with van der Waals surface area (Å²) in [5, 5.41) is 2.59. The number of rotatable bonds is 2. The first-order valence-corrected chi connectivity index (χ1v) is 6.08. The van der Waals surface area contributed by atoms with Crippen LogP contribution in [-0.4, -0.2) is 24.4 Å². The zero-order valence-corrected chi connectivity index (χ0v) is 10.5. The summed E-state index contributed by atoms with van der Waals surface area (Å²) in [6.07, 6.45) is 0.541. The molecule has 19 heavy (non-hydrogen) atoms. The van der Waals surface area contributed by atoms with Crippen LogP contribution in [0.3, 0.4) is 0 Å². The van der Waals surface area contributed by atoms with Crippen molar-refractivity contribution in [3.63, 3.8) is 0 Å². The summed E-state index contributed by atoms with van der Waals surface area (Å²) in [6, 6.07) is 2.26. The van der Waals surface area contributed by atoms with E-state index in [-0.39, 0.29) is 30.5 Å². The highest BCUT2D eigenvalue weighted by Crippen LogP contribution is 2.21. The van der Waals surface area contributed by atoms with E-state index in [9.17, 15) is 18.4 Å². The molecular weight excluding hydrogens is 254 g/mol. The van der Waals surface area contributed by atoms with Crippen molar-refractivity contribution in [2.45, 2.75) is 25.8 Å². The Balaban J connectivity index is 2.35. The Morgan fingerprint density at radius 3 is 2.47 bits per heavy atom. The normalized spacial score (nSPS) is 20.2. The van der Waals surface area contributed by atoms with Gasteiger partial charge in [-0.15, -0.1) is 0 Å². The lowest BCUT2D eigenvalue weighted by Crippen LogP contribution is -2.44. The molecule has 1 aliphatic heterocycles. The Morgan fingerprint density at radius 2 is 1.89 bits per heavy atom. The molecule has 1 atom stereocenters. The van der Waals surface area contributed by atoms with E-state index >= 15 is 0 Å². The molecule has 0 bridgehead atoms. The minimum atomic E-state index is -0.751. The zero-order valence-electron chi connectivity index (χ0n) is 10.5. The number of benzene rings is 1. The van der Waals surface area contributed by atoms with Gasteiger partial charge >= 0.3 is 0 Å². The second kappa shape index (κ2) is 5.34. The molecule has 6 heteroatoms. The van der Waals surface area contributed by atoms with Crippen molar-refractivity contribution in [3.8, 4) is 0 Å². The van der Waals surface area contributed by atoms with Gasteiger partial charge in [-0.3, -0.25) is 9.59 Å². The molecule has 0 radical (unpaired) electrons. The summed E-state index contributed by atoms with van der Waals surface area (Å²) in [5.41, 5.74) is 0.137. The number of nitrogens with zero attached hydrogens (tertiary/aromatic N) is 1. The average Bonchev–Trinajstić information content (AvgIpc) is 2.48. The molecule has 1 saturated heterocycles. The monoisotopic (exact) mass is 268 g/mol. The number of amides is 2. The maximum Gasteiger partial charge on any atom is 0.249 e. The lowest BCUT2D eigenvalue weighted by atomic mass is 10.2. The Bertz CT molecular complexity index is 499. The number of carbonyl (C=O) groups excluding carboxylic acids is 2. The van der Waals surface area contributed by atoms with E-state index in [0.717, 1.165) is 18.2 Å². The summed E-state index contributed by atoms with van der Waals surface area (Å²) in [4.78, 5) is 24.9. The summed E-state index contributed by atoms with van der Waals surface area (Å²) in [6.45, 7) is 1.88. The standard InChI is InChI=1S/C13H14F2N2O2/c1-2-11-13(19)17(4-3-12(18)16-11)10-6-8(14)5-9(15)7-10/h5-7,11H,2-4H2,1H3,(H,16,18). The first-order valence-electron chi connectivity index (χ1n) is 6.08. The predicted molar refractivity (Wildman–Crippen MR) is 65.5 cm³/mol. The highest BCUT2D eigenvalue weighted by molar-refractivity contribution is 6.01. The van der Waals surface area contributed by atoms with Crippen molar-refractivity contribution in [1.82, 2.24) is 5.32 Å². The van der Waals surface area contributed by atoms with E-state index in [2.05, 4.69) is 5.32 Å². The number of anilines is 1. The third-order valence-corrected chi connectivity index (χ3v) is 3.03. The van der Waals surface area contributed by atoms with Gasteiger partial charge in [0.05, 0.1) is 0 Å². The number of halogens is 2. The molecule has 4 nitrogen and oxygen atoms in total. The van der Waals surface area contributed by atoms with Crippen LogP contribution in [0, 0.1) is 11.6 Å². The Morgan fingerprint density at radius 1 is 1.26 bits per heavy atom. The fourth-order valence-corrected chi connectivity index (χ4v) is 2.07. The minimum Gasteiger partial charge on any atom is -0.344 e. The van der Waals surface area contributed by atoms with Crippen LogP contribution in [-0.2, 0) is 9.59 Å². The zero-order chi connectivity index (χ0) is 14.0. The van der Waals surface area contributed by atoms with Crippen molar-refractivity contribution in [2.24, 2.45) is 0 Å².